The highest BCUT2D eigenvalue weighted by Crippen LogP contribution is 2.26. The predicted molar refractivity (Wildman–Crippen MR) is 105 cm³/mol. The number of halogens is 1. The molecule has 1 aromatic carbocycles. The van der Waals surface area contributed by atoms with Crippen molar-refractivity contribution < 1.29 is 4.39 Å². The van der Waals surface area contributed by atoms with E-state index < -0.39 is 0 Å². The molecule has 0 aliphatic rings. The molecule has 0 bridgehead atoms. The van der Waals surface area contributed by atoms with Gasteiger partial charge in [0.05, 0.1) is 18.5 Å². The number of fused-ring (bicyclic) bond motifs is 1. The van der Waals surface area contributed by atoms with Gasteiger partial charge in [-0.3, -0.25) is 14.3 Å². The first-order chi connectivity index (χ1) is 12.5. The van der Waals surface area contributed by atoms with Crippen molar-refractivity contribution in [3.05, 3.63) is 62.3 Å². The summed E-state index contributed by atoms with van der Waals surface area (Å²) in [7, 11) is 0. The van der Waals surface area contributed by atoms with Crippen LogP contribution < -0.4 is 5.56 Å². The summed E-state index contributed by atoms with van der Waals surface area (Å²) in [5.74, 6) is 0.391. The van der Waals surface area contributed by atoms with Crippen LogP contribution in [0, 0.1) is 19.7 Å². The van der Waals surface area contributed by atoms with Gasteiger partial charge < -0.3 is 0 Å². The zero-order chi connectivity index (χ0) is 18.8. The largest absolute Gasteiger partial charge is 0.297 e. The van der Waals surface area contributed by atoms with Gasteiger partial charge in [-0.15, -0.1) is 11.3 Å². The Labute approximate surface area is 156 Å². The fourth-order valence-electron chi connectivity index (χ4n) is 3.10. The van der Waals surface area contributed by atoms with E-state index in [-0.39, 0.29) is 17.9 Å². The van der Waals surface area contributed by atoms with Gasteiger partial charge in [-0.25, -0.2) is 9.37 Å². The van der Waals surface area contributed by atoms with Crippen LogP contribution in [0.5, 0.6) is 0 Å². The fourth-order valence-corrected chi connectivity index (χ4v) is 4.14. The van der Waals surface area contributed by atoms with Gasteiger partial charge in [0.1, 0.15) is 16.5 Å². The summed E-state index contributed by atoms with van der Waals surface area (Å²) in [6, 6.07) is 6.60. The van der Waals surface area contributed by atoms with Crippen LogP contribution in [0.1, 0.15) is 35.7 Å². The van der Waals surface area contributed by atoms with E-state index in [9.17, 15) is 9.18 Å². The Morgan fingerprint density at radius 1 is 1.19 bits per heavy atom. The van der Waals surface area contributed by atoms with Crippen molar-refractivity contribution in [1.29, 1.82) is 0 Å². The Hall–Kier alpha value is -2.05. The number of aryl methyl sites for hydroxylation is 2. The zero-order valence-electron chi connectivity index (χ0n) is 15.7. The highest BCUT2D eigenvalue weighted by Gasteiger charge is 2.18. The number of rotatable bonds is 6. The fraction of sp³-hybridized carbons (Fsp3) is 0.400. The van der Waals surface area contributed by atoms with Crippen molar-refractivity contribution in [3.63, 3.8) is 0 Å². The summed E-state index contributed by atoms with van der Waals surface area (Å²) in [4.78, 5) is 22.1. The topological polar surface area (TPSA) is 38.1 Å². The lowest BCUT2D eigenvalue weighted by molar-refractivity contribution is 0.282. The number of aromatic nitrogens is 2. The third-order valence-corrected chi connectivity index (χ3v) is 6.01. The number of hydrogen-bond donors (Lipinski definition) is 0. The van der Waals surface area contributed by atoms with Crippen molar-refractivity contribution in [2.45, 2.75) is 40.8 Å². The molecule has 138 valence electrons. The summed E-state index contributed by atoms with van der Waals surface area (Å²) in [6.45, 7) is 10.6. The van der Waals surface area contributed by atoms with Gasteiger partial charge >= 0.3 is 0 Å². The summed E-state index contributed by atoms with van der Waals surface area (Å²) in [5.41, 5.74) is 1.39. The predicted octanol–water partition coefficient (Wildman–Crippen LogP) is 4.10. The molecule has 0 aliphatic heterocycles. The molecule has 4 nitrogen and oxygen atoms in total. The molecule has 2 aromatic heterocycles. The summed E-state index contributed by atoms with van der Waals surface area (Å²) < 4.78 is 15.8. The normalized spacial score (nSPS) is 11.6. The Morgan fingerprint density at radius 2 is 1.88 bits per heavy atom. The molecule has 3 rings (SSSR count). The maximum Gasteiger partial charge on any atom is 0.262 e. The molecule has 0 fully saturated rings. The second kappa shape index (κ2) is 7.68. The van der Waals surface area contributed by atoms with E-state index in [0.29, 0.717) is 23.3 Å². The highest BCUT2D eigenvalue weighted by molar-refractivity contribution is 7.18. The van der Waals surface area contributed by atoms with Gasteiger partial charge in [-0.2, -0.15) is 0 Å². The van der Waals surface area contributed by atoms with Crippen LogP contribution in [0.15, 0.2) is 29.1 Å². The smallest absolute Gasteiger partial charge is 0.262 e. The number of nitrogens with zero attached hydrogens (tertiary/aromatic N) is 3. The summed E-state index contributed by atoms with van der Waals surface area (Å²) in [6.07, 6.45) is 0. The van der Waals surface area contributed by atoms with E-state index in [0.717, 1.165) is 28.4 Å². The minimum Gasteiger partial charge on any atom is -0.297 e. The van der Waals surface area contributed by atoms with E-state index in [1.165, 1.54) is 6.07 Å². The van der Waals surface area contributed by atoms with Gasteiger partial charge in [0.25, 0.3) is 5.56 Å². The van der Waals surface area contributed by atoms with Crippen LogP contribution in [-0.2, 0) is 13.1 Å². The lowest BCUT2D eigenvalue weighted by Gasteiger charge is -2.20. The monoisotopic (exact) mass is 373 g/mol. The van der Waals surface area contributed by atoms with Gasteiger partial charge in [0.2, 0.25) is 0 Å². The quantitative estimate of drug-likeness (QED) is 0.653. The third kappa shape index (κ3) is 3.44. The standard InChI is InChI=1S/C20H24FN3OS/c1-5-23(6-2)12-17-22-19-18(13(3)14(4)26-19)20(25)24(17)11-15-9-7-8-10-16(15)21/h7-10H,5-6,11-12H2,1-4H3. The van der Waals surface area contributed by atoms with Crippen LogP contribution in [0.25, 0.3) is 10.2 Å². The molecule has 0 saturated carbocycles. The maximum atomic E-state index is 14.2. The third-order valence-electron chi connectivity index (χ3n) is 4.91. The molecule has 6 heteroatoms. The lowest BCUT2D eigenvalue weighted by atomic mass is 10.2. The molecule has 0 N–H and O–H groups in total. The Morgan fingerprint density at radius 3 is 2.54 bits per heavy atom. The molecule has 26 heavy (non-hydrogen) atoms. The van der Waals surface area contributed by atoms with Gasteiger partial charge in [-0.05, 0) is 38.6 Å². The SMILES string of the molecule is CCN(CC)Cc1nc2sc(C)c(C)c2c(=O)n1Cc1ccccc1F. The molecule has 0 unspecified atom stereocenters. The van der Waals surface area contributed by atoms with Crippen molar-refractivity contribution in [1.82, 2.24) is 14.5 Å². The lowest BCUT2D eigenvalue weighted by Crippen LogP contribution is -2.31. The Kier molecular flexibility index (Phi) is 5.53. The second-order valence-electron chi connectivity index (χ2n) is 6.44. The van der Waals surface area contributed by atoms with Crippen molar-refractivity contribution in [2.75, 3.05) is 13.1 Å². The molecule has 0 radical (unpaired) electrons. The van der Waals surface area contributed by atoms with Crippen LogP contribution in [-0.4, -0.2) is 27.5 Å². The van der Waals surface area contributed by atoms with Crippen LogP contribution in [0.3, 0.4) is 0 Å². The molecule has 2 heterocycles. The minimum absolute atomic E-state index is 0.0812. The van der Waals surface area contributed by atoms with Crippen LogP contribution >= 0.6 is 11.3 Å². The van der Waals surface area contributed by atoms with Crippen molar-refractivity contribution in [3.8, 4) is 0 Å². The molecule has 0 spiro atoms. The number of hydrogen-bond acceptors (Lipinski definition) is 4. The molecular formula is C20H24FN3OS. The zero-order valence-corrected chi connectivity index (χ0v) is 16.5. The highest BCUT2D eigenvalue weighted by atomic mass is 32.1. The molecule has 0 atom stereocenters. The molecule has 0 amide bonds. The first kappa shape index (κ1) is 18.7. The molecule has 0 aliphatic carbocycles. The summed E-state index contributed by atoms with van der Waals surface area (Å²) >= 11 is 1.55. The first-order valence-corrected chi connectivity index (χ1v) is 9.73. The number of benzene rings is 1. The van der Waals surface area contributed by atoms with Crippen LogP contribution in [0.2, 0.25) is 0 Å². The van der Waals surface area contributed by atoms with Gasteiger partial charge in [-0.1, -0.05) is 32.0 Å². The van der Waals surface area contributed by atoms with E-state index in [2.05, 4.69) is 18.7 Å². The second-order valence-corrected chi connectivity index (χ2v) is 7.64. The van der Waals surface area contributed by atoms with E-state index in [1.807, 2.05) is 13.8 Å². The van der Waals surface area contributed by atoms with Crippen molar-refractivity contribution >= 4 is 21.6 Å². The van der Waals surface area contributed by atoms with E-state index in [1.54, 1.807) is 34.1 Å². The first-order valence-electron chi connectivity index (χ1n) is 8.91. The molecule has 3 aromatic rings. The minimum atomic E-state index is -0.300. The Bertz CT molecular complexity index is 989. The van der Waals surface area contributed by atoms with Crippen molar-refractivity contribution in [2.24, 2.45) is 0 Å². The van der Waals surface area contributed by atoms with Gasteiger partial charge in [0.15, 0.2) is 0 Å². The van der Waals surface area contributed by atoms with Crippen LogP contribution in [0.4, 0.5) is 4.39 Å². The summed E-state index contributed by atoms with van der Waals surface area (Å²) in [5, 5.41) is 0.659. The number of thiophene rings is 1. The maximum absolute atomic E-state index is 14.2. The Balaban J connectivity index is 2.19. The molecule has 0 saturated heterocycles. The van der Waals surface area contributed by atoms with E-state index in [4.69, 9.17) is 4.98 Å². The van der Waals surface area contributed by atoms with E-state index >= 15 is 0 Å². The average molecular weight is 373 g/mol. The van der Waals surface area contributed by atoms with Gasteiger partial charge in [0, 0.05) is 10.4 Å². The molecular weight excluding hydrogens is 349 g/mol. The average Bonchev–Trinajstić information content (AvgIpc) is 2.91.